The number of hydrogen-bond donors (Lipinski definition) is 2. The Morgan fingerprint density at radius 1 is 1.35 bits per heavy atom. The molecule has 1 aromatic carbocycles. The van der Waals surface area contributed by atoms with Crippen LogP contribution in [0, 0.1) is 0 Å². The fraction of sp³-hybridized carbons (Fsp3) is 0.286. The molecule has 0 unspecified atom stereocenters. The molecule has 0 saturated carbocycles. The zero-order chi connectivity index (χ0) is 16.4. The number of nitrogens with zero attached hydrogens (tertiary/aromatic N) is 4. The van der Waals surface area contributed by atoms with E-state index in [0.717, 1.165) is 0 Å². The van der Waals surface area contributed by atoms with Crippen LogP contribution in [0.5, 0.6) is 11.5 Å². The molecule has 0 bridgehead atoms. The Balaban J connectivity index is 1.57. The van der Waals surface area contributed by atoms with E-state index in [-0.39, 0.29) is 35.6 Å². The van der Waals surface area contributed by atoms with E-state index in [1.807, 2.05) is 0 Å². The Hall–Kier alpha value is -3.10. The van der Waals surface area contributed by atoms with Crippen molar-refractivity contribution in [2.24, 2.45) is 0 Å². The van der Waals surface area contributed by atoms with E-state index in [9.17, 15) is 14.7 Å². The van der Waals surface area contributed by atoms with Crippen molar-refractivity contribution in [2.45, 2.75) is 12.6 Å². The summed E-state index contributed by atoms with van der Waals surface area (Å²) in [4.78, 5) is 24.7. The van der Waals surface area contributed by atoms with Gasteiger partial charge in [0.2, 0.25) is 5.91 Å². The van der Waals surface area contributed by atoms with Crippen molar-refractivity contribution in [3.05, 3.63) is 36.2 Å². The number of carboxylic acid groups (broad SMARTS) is 1. The largest absolute Gasteiger partial charge is 0.507 e. The monoisotopic (exact) mass is 318 g/mol. The molecule has 0 spiro atoms. The number of amides is 1. The van der Waals surface area contributed by atoms with E-state index in [0.29, 0.717) is 13.1 Å². The minimum Gasteiger partial charge on any atom is -0.507 e. The normalized spacial score (nSPS) is 14.3. The summed E-state index contributed by atoms with van der Waals surface area (Å²) < 4.78 is 6.99. The fourth-order valence-electron chi connectivity index (χ4n) is 2.28. The second kappa shape index (κ2) is 5.95. The summed E-state index contributed by atoms with van der Waals surface area (Å²) >= 11 is 0. The quantitative estimate of drug-likeness (QED) is 0.795. The highest BCUT2D eigenvalue weighted by atomic mass is 16.5. The molecule has 23 heavy (non-hydrogen) atoms. The van der Waals surface area contributed by atoms with Crippen LogP contribution in [-0.2, 0) is 11.3 Å². The number of likely N-dealkylation sites (tertiary alicyclic amines) is 1. The maximum Gasteiger partial charge on any atom is 0.343 e. The second-order valence-corrected chi connectivity index (χ2v) is 5.09. The van der Waals surface area contributed by atoms with Crippen LogP contribution in [0.1, 0.15) is 10.4 Å². The van der Waals surface area contributed by atoms with Gasteiger partial charge in [-0.15, -0.1) is 5.10 Å². The standard InChI is InChI=1S/C14H14N4O5/c19-10-2-1-3-11(13(10)14(21)22)23-9-6-17(7-9)12(20)8-18-5-4-15-16-18/h1-5,9,19H,6-8H2,(H,21,22). The van der Waals surface area contributed by atoms with Crippen LogP contribution in [0.2, 0.25) is 0 Å². The first kappa shape index (κ1) is 14.8. The van der Waals surface area contributed by atoms with E-state index < -0.39 is 5.97 Å². The molecule has 1 aliphatic rings. The third-order valence-electron chi connectivity index (χ3n) is 3.48. The molecular formula is C14H14N4O5. The summed E-state index contributed by atoms with van der Waals surface area (Å²) in [6.07, 6.45) is 2.77. The lowest BCUT2D eigenvalue weighted by molar-refractivity contribution is -0.140. The van der Waals surface area contributed by atoms with E-state index in [1.165, 1.54) is 29.1 Å². The molecule has 1 saturated heterocycles. The molecule has 1 aliphatic heterocycles. The summed E-state index contributed by atoms with van der Waals surface area (Å²) in [5.74, 6) is -1.65. The number of aromatic carboxylic acids is 1. The molecular weight excluding hydrogens is 304 g/mol. The highest BCUT2D eigenvalue weighted by Crippen LogP contribution is 2.29. The third-order valence-corrected chi connectivity index (χ3v) is 3.48. The lowest BCUT2D eigenvalue weighted by Gasteiger charge is -2.39. The Morgan fingerprint density at radius 3 is 2.78 bits per heavy atom. The van der Waals surface area contributed by atoms with Gasteiger partial charge in [0, 0.05) is 6.20 Å². The Morgan fingerprint density at radius 2 is 2.13 bits per heavy atom. The molecule has 3 rings (SSSR count). The number of rotatable bonds is 5. The fourth-order valence-corrected chi connectivity index (χ4v) is 2.28. The van der Waals surface area contributed by atoms with Gasteiger partial charge in [0.25, 0.3) is 0 Å². The van der Waals surface area contributed by atoms with Gasteiger partial charge in [0.15, 0.2) is 0 Å². The highest BCUT2D eigenvalue weighted by Gasteiger charge is 2.33. The van der Waals surface area contributed by atoms with Crippen LogP contribution in [0.4, 0.5) is 0 Å². The number of benzene rings is 1. The smallest absolute Gasteiger partial charge is 0.343 e. The predicted octanol–water partition coefficient (Wildman–Crippen LogP) is -0.0283. The maximum absolute atomic E-state index is 12.0. The average Bonchev–Trinajstić information content (AvgIpc) is 2.94. The van der Waals surface area contributed by atoms with Gasteiger partial charge in [-0.05, 0) is 12.1 Å². The Labute approximate surface area is 130 Å². The number of hydrogen-bond acceptors (Lipinski definition) is 6. The topological polar surface area (TPSA) is 118 Å². The summed E-state index contributed by atoms with van der Waals surface area (Å²) in [5, 5.41) is 26.1. The molecule has 1 amide bonds. The second-order valence-electron chi connectivity index (χ2n) is 5.09. The first-order chi connectivity index (χ1) is 11.0. The molecule has 0 aliphatic carbocycles. The van der Waals surface area contributed by atoms with E-state index >= 15 is 0 Å². The number of aromatic hydroxyl groups is 1. The van der Waals surface area contributed by atoms with Crippen molar-refractivity contribution in [3.8, 4) is 11.5 Å². The number of carboxylic acids is 1. The molecule has 1 aromatic heterocycles. The van der Waals surface area contributed by atoms with Crippen LogP contribution < -0.4 is 4.74 Å². The maximum atomic E-state index is 12.0. The van der Waals surface area contributed by atoms with Crippen molar-refractivity contribution in [3.63, 3.8) is 0 Å². The van der Waals surface area contributed by atoms with E-state index in [2.05, 4.69) is 10.3 Å². The van der Waals surface area contributed by atoms with Gasteiger partial charge in [0.05, 0.1) is 19.3 Å². The summed E-state index contributed by atoms with van der Waals surface area (Å²) in [7, 11) is 0. The molecule has 120 valence electrons. The summed E-state index contributed by atoms with van der Waals surface area (Å²) in [6.45, 7) is 0.795. The number of ether oxygens (including phenoxy) is 1. The van der Waals surface area contributed by atoms with Gasteiger partial charge in [-0.2, -0.15) is 0 Å². The molecule has 2 N–H and O–H groups in total. The first-order valence-corrected chi connectivity index (χ1v) is 6.88. The van der Waals surface area contributed by atoms with Gasteiger partial charge < -0.3 is 19.8 Å². The van der Waals surface area contributed by atoms with Crippen LogP contribution in [0.25, 0.3) is 0 Å². The summed E-state index contributed by atoms with van der Waals surface area (Å²) in [5.41, 5.74) is -0.278. The van der Waals surface area contributed by atoms with Gasteiger partial charge in [-0.3, -0.25) is 4.79 Å². The minimum absolute atomic E-state index is 0.0888. The molecule has 0 radical (unpaired) electrons. The number of aromatic nitrogens is 3. The van der Waals surface area contributed by atoms with Crippen LogP contribution in [0.3, 0.4) is 0 Å². The third kappa shape index (κ3) is 3.07. The SMILES string of the molecule is O=C(O)c1c(O)cccc1OC1CN(C(=O)Cn2ccnn2)C1. The van der Waals surface area contributed by atoms with Gasteiger partial charge in [-0.25, -0.2) is 9.48 Å². The van der Waals surface area contributed by atoms with Crippen molar-refractivity contribution in [1.82, 2.24) is 19.9 Å². The zero-order valence-corrected chi connectivity index (χ0v) is 12.0. The van der Waals surface area contributed by atoms with E-state index in [4.69, 9.17) is 9.84 Å². The minimum atomic E-state index is -1.27. The van der Waals surface area contributed by atoms with Crippen molar-refractivity contribution in [1.29, 1.82) is 0 Å². The zero-order valence-electron chi connectivity index (χ0n) is 12.0. The van der Waals surface area contributed by atoms with Crippen molar-refractivity contribution < 1.29 is 24.5 Å². The van der Waals surface area contributed by atoms with Crippen LogP contribution in [0.15, 0.2) is 30.6 Å². The summed E-state index contributed by atoms with van der Waals surface area (Å²) in [6, 6.07) is 4.26. The first-order valence-electron chi connectivity index (χ1n) is 6.88. The van der Waals surface area contributed by atoms with Crippen molar-refractivity contribution in [2.75, 3.05) is 13.1 Å². The predicted molar refractivity (Wildman–Crippen MR) is 76.1 cm³/mol. The lowest BCUT2D eigenvalue weighted by Crippen LogP contribution is -2.57. The van der Waals surface area contributed by atoms with Gasteiger partial charge in [-0.1, -0.05) is 11.3 Å². The number of carbonyl (C=O) groups is 2. The molecule has 1 fully saturated rings. The Kier molecular flexibility index (Phi) is 3.83. The number of carbonyl (C=O) groups excluding carboxylic acids is 1. The molecule has 0 atom stereocenters. The molecule has 2 aromatic rings. The average molecular weight is 318 g/mol. The van der Waals surface area contributed by atoms with Crippen LogP contribution >= 0.6 is 0 Å². The van der Waals surface area contributed by atoms with Crippen molar-refractivity contribution >= 4 is 11.9 Å². The van der Waals surface area contributed by atoms with Gasteiger partial charge in [0.1, 0.15) is 29.7 Å². The molecule has 2 heterocycles. The molecule has 9 heteroatoms. The van der Waals surface area contributed by atoms with E-state index in [1.54, 1.807) is 11.1 Å². The van der Waals surface area contributed by atoms with Gasteiger partial charge >= 0.3 is 5.97 Å². The molecule has 9 nitrogen and oxygen atoms in total. The lowest BCUT2D eigenvalue weighted by atomic mass is 10.1. The Bertz CT molecular complexity index is 725. The van der Waals surface area contributed by atoms with Crippen LogP contribution in [-0.4, -0.2) is 61.2 Å². The number of phenols is 1. The highest BCUT2D eigenvalue weighted by molar-refractivity contribution is 5.94.